The van der Waals surface area contributed by atoms with Crippen molar-refractivity contribution in [2.24, 2.45) is 13.0 Å². The first kappa shape index (κ1) is 11.7. The summed E-state index contributed by atoms with van der Waals surface area (Å²) < 4.78 is 3.91. The average molecular weight is 233 g/mol. The third-order valence-electron chi connectivity index (χ3n) is 2.42. The lowest BCUT2D eigenvalue weighted by molar-refractivity contribution is 0.527. The second kappa shape index (κ2) is 4.61. The number of aromatic nitrogens is 4. The Bertz CT molecular complexity index is 495. The van der Waals surface area contributed by atoms with Crippen LogP contribution in [0.1, 0.15) is 19.5 Å². The summed E-state index contributed by atoms with van der Waals surface area (Å²) in [6, 6.07) is 0. The first-order valence-electron chi connectivity index (χ1n) is 5.84. The fourth-order valence-corrected chi connectivity index (χ4v) is 1.79. The predicted molar refractivity (Wildman–Crippen MR) is 68.3 cm³/mol. The van der Waals surface area contributed by atoms with Crippen molar-refractivity contribution >= 4 is 11.6 Å². The summed E-state index contributed by atoms with van der Waals surface area (Å²) in [7, 11) is 1.90. The van der Waals surface area contributed by atoms with Gasteiger partial charge in [-0.2, -0.15) is 5.10 Å². The average Bonchev–Trinajstić information content (AvgIpc) is 2.74. The van der Waals surface area contributed by atoms with Gasteiger partial charge in [-0.1, -0.05) is 13.8 Å². The minimum Gasteiger partial charge on any atom is -0.323 e. The minimum absolute atomic E-state index is 0.595. The van der Waals surface area contributed by atoms with Crippen LogP contribution in [0.3, 0.4) is 0 Å². The van der Waals surface area contributed by atoms with Gasteiger partial charge in [-0.15, -0.1) is 0 Å². The number of nitrogens with one attached hydrogen (secondary N) is 1. The first-order valence-corrected chi connectivity index (χ1v) is 5.84. The van der Waals surface area contributed by atoms with E-state index in [4.69, 9.17) is 0 Å². The fraction of sp³-hybridized carbons (Fsp3) is 0.500. The number of nitrogens with zero attached hydrogens (tertiary/aromatic N) is 4. The molecular weight excluding hydrogens is 214 g/mol. The molecule has 0 amide bonds. The minimum atomic E-state index is 0.595. The lowest BCUT2D eigenvalue weighted by atomic mass is 10.2. The Hall–Kier alpha value is -1.78. The summed E-state index contributed by atoms with van der Waals surface area (Å²) in [5.41, 5.74) is 1.99. The number of anilines is 2. The van der Waals surface area contributed by atoms with Crippen molar-refractivity contribution in [2.45, 2.75) is 27.3 Å². The zero-order valence-corrected chi connectivity index (χ0v) is 10.8. The molecule has 0 unspecified atom stereocenters. The van der Waals surface area contributed by atoms with E-state index in [0.29, 0.717) is 5.92 Å². The Balaban J connectivity index is 2.19. The Morgan fingerprint density at radius 1 is 1.35 bits per heavy atom. The number of imidazole rings is 1. The molecule has 0 aromatic carbocycles. The van der Waals surface area contributed by atoms with Crippen molar-refractivity contribution in [1.82, 2.24) is 19.3 Å². The molecule has 0 saturated carbocycles. The summed E-state index contributed by atoms with van der Waals surface area (Å²) in [6.07, 6.45) is 5.80. The molecule has 0 bridgehead atoms. The van der Waals surface area contributed by atoms with Gasteiger partial charge in [0.2, 0.25) is 5.95 Å². The predicted octanol–water partition coefficient (Wildman–Crippen LogP) is 2.32. The SMILES string of the molecule is Cc1cn(CC(C)C)c(Nc2cnn(C)c2)n1. The lowest BCUT2D eigenvalue weighted by Gasteiger charge is -2.10. The van der Waals surface area contributed by atoms with Crippen LogP contribution in [-0.4, -0.2) is 19.3 Å². The Labute approximate surface area is 101 Å². The molecule has 0 radical (unpaired) electrons. The number of hydrogen-bond donors (Lipinski definition) is 1. The highest BCUT2D eigenvalue weighted by atomic mass is 15.3. The number of hydrogen-bond acceptors (Lipinski definition) is 3. The molecule has 0 atom stereocenters. The summed E-state index contributed by atoms with van der Waals surface area (Å²) in [6.45, 7) is 7.36. The van der Waals surface area contributed by atoms with E-state index in [0.717, 1.165) is 23.9 Å². The normalized spacial score (nSPS) is 11.1. The van der Waals surface area contributed by atoms with E-state index in [9.17, 15) is 0 Å². The van der Waals surface area contributed by atoms with Gasteiger partial charge in [0.15, 0.2) is 0 Å². The van der Waals surface area contributed by atoms with Crippen LogP contribution in [0.25, 0.3) is 0 Å². The molecule has 92 valence electrons. The summed E-state index contributed by atoms with van der Waals surface area (Å²) >= 11 is 0. The second-order valence-electron chi connectivity index (χ2n) is 4.78. The number of rotatable bonds is 4. The number of aryl methyl sites for hydroxylation is 2. The summed E-state index contributed by atoms with van der Waals surface area (Å²) in [4.78, 5) is 4.48. The molecule has 17 heavy (non-hydrogen) atoms. The van der Waals surface area contributed by atoms with Gasteiger partial charge < -0.3 is 9.88 Å². The van der Waals surface area contributed by atoms with Crippen LogP contribution < -0.4 is 5.32 Å². The van der Waals surface area contributed by atoms with Gasteiger partial charge in [-0.25, -0.2) is 4.98 Å². The van der Waals surface area contributed by atoms with Crippen molar-refractivity contribution in [2.75, 3.05) is 5.32 Å². The maximum atomic E-state index is 4.48. The van der Waals surface area contributed by atoms with Crippen LogP contribution in [0.2, 0.25) is 0 Å². The fourth-order valence-electron chi connectivity index (χ4n) is 1.79. The smallest absolute Gasteiger partial charge is 0.207 e. The third-order valence-corrected chi connectivity index (χ3v) is 2.42. The molecule has 0 aliphatic carbocycles. The zero-order chi connectivity index (χ0) is 12.4. The van der Waals surface area contributed by atoms with Gasteiger partial charge >= 0.3 is 0 Å². The molecule has 2 aromatic rings. The Morgan fingerprint density at radius 3 is 2.71 bits per heavy atom. The van der Waals surface area contributed by atoms with Crippen LogP contribution in [0.4, 0.5) is 11.6 Å². The van der Waals surface area contributed by atoms with Crippen molar-refractivity contribution in [3.8, 4) is 0 Å². The molecule has 0 saturated heterocycles. The quantitative estimate of drug-likeness (QED) is 0.881. The highest BCUT2D eigenvalue weighted by molar-refractivity contribution is 5.51. The topological polar surface area (TPSA) is 47.7 Å². The van der Waals surface area contributed by atoms with Crippen LogP contribution in [0, 0.1) is 12.8 Å². The molecule has 0 fully saturated rings. The van der Waals surface area contributed by atoms with E-state index in [1.807, 2.05) is 20.2 Å². The largest absolute Gasteiger partial charge is 0.323 e. The highest BCUT2D eigenvalue weighted by Crippen LogP contribution is 2.16. The zero-order valence-electron chi connectivity index (χ0n) is 10.8. The molecule has 2 rings (SSSR count). The Morgan fingerprint density at radius 2 is 2.12 bits per heavy atom. The van der Waals surface area contributed by atoms with Crippen LogP contribution >= 0.6 is 0 Å². The molecule has 2 aromatic heterocycles. The van der Waals surface area contributed by atoms with E-state index >= 15 is 0 Å². The molecule has 5 heteroatoms. The highest BCUT2D eigenvalue weighted by Gasteiger charge is 2.08. The van der Waals surface area contributed by atoms with Gasteiger partial charge in [0.05, 0.1) is 17.6 Å². The summed E-state index contributed by atoms with van der Waals surface area (Å²) in [5, 5.41) is 7.42. The van der Waals surface area contributed by atoms with E-state index in [1.165, 1.54) is 0 Å². The van der Waals surface area contributed by atoms with Crippen LogP contribution in [-0.2, 0) is 13.6 Å². The van der Waals surface area contributed by atoms with E-state index < -0.39 is 0 Å². The monoisotopic (exact) mass is 233 g/mol. The van der Waals surface area contributed by atoms with E-state index in [1.54, 1.807) is 10.9 Å². The van der Waals surface area contributed by atoms with Crippen LogP contribution in [0.5, 0.6) is 0 Å². The van der Waals surface area contributed by atoms with E-state index in [2.05, 4.69) is 40.0 Å². The Kier molecular flexibility index (Phi) is 3.17. The van der Waals surface area contributed by atoms with Gasteiger partial charge in [-0.05, 0) is 12.8 Å². The molecule has 5 nitrogen and oxygen atoms in total. The molecule has 0 spiro atoms. The molecule has 2 heterocycles. The molecular formula is C12H19N5. The maximum absolute atomic E-state index is 4.48. The second-order valence-corrected chi connectivity index (χ2v) is 4.78. The molecule has 0 aliphatic heterocycles. The maximum Gasteiger partial charge on any atom is 0.207 e. The van der Waals surface area contributed by atoms with Crippen molar-refractivity contribution < 1.29 is 0 Å². The first-order chi connectivity index (χ1) is 8.04. The lowest BCUT2D eigenvalue weighted by Crippen LogP contribution is -2.07. The summed E-state index contributed by atoms with van der Waals surface area (Å²) in [5.74, 6) is 1.47. The van der Waals surface area contributed by atoms with Gasteiger partial charge in [0, 0.05) is 26.0 Å². The third kappa shape index (κ3) is 2.87. The standard InChI is InChI=1S/C12H19N5/c1-9(2)6-17-7-10(3)14-12(17)15-11-5-13-16(4)8-11/h5,7-9H,6H2,1-4H3,(H,14,15). The van der Waals surface area contributed by atoms with Crippen molar-refractivity contribution in [3.63, 3.8) is 0 Å². The van der Waals surface area contributed by atoms with Gasteiger partial charge in [0.1, 0.15) is 0 Å². The van der Waals surface area contributed by atoms with Crippen LogP contribution in [0.15, 0.2) is 18.6 Å². The molecule has 1 N–H and O–H groups in total. The van der Waals surface area contributed by atoms with Gasteiger partial charge in [0.25, 0.3) is 0 Å². The van der Waals surface area contributed by atoms with Crippen molar-refractivity contribution in [1.29, 1.82) is 0 Å². The van der Waals surface area contributed by atoms with Gasteiger partial charge in [-0.3, -0.25) is 4.68 Å². The van der Waals surface area contributed by atoms with E-state index in [-0.39, 0.29) is 0 Å². The van der Waals surface area contributed by atoms with Crippen molar-refractivity contribution in [3.05, 3.63) is 24.3 Å². The molecule has 0 aliphatic rings.